The summed E-state index contributed by atoms with van der Waals surface area (Å²) in [5, 5.41) is 2.00. The Morgan fingerprint density at radius 2 is 0.902 bits per heavy atom. The van der Waals surface area contributed by atoms with E-state index in [0.29, 0.717) is 52.2 Å². The summed E-state index contributed by atoms with van der Waals surface area (Å²) in [7, 11) is 0. The lowest BCUT2D eigenvalue weighted by Gasteiger charge is -2.14. The fourth-order valence-electron chi connectivity index (χ4n) is 6.03. The minimum absolute atomic E-state index is 0.467. The molecule has 0 spiro atoms. The van der Waals surface area contributed by atoms with Crippen LogP contribution in [0, 0.1) is 27.7 Å². The minimum atomic E-state index is 0.467. The third kappa shape index (κ3) is 6.38. The topological polar surface area (TPSA) is 106 Å². The molecule has 0 saturated heterocycles. The predicted molar refractivity (Wildman–Crippen MR) is 195 cm³/mol. The van der Waals surface area contributed by atoms with E-state index < -0.39 is 0 Å². The molecule has 10 nitrogen and oxygen atoms in total. The summed E-state index contributed by atoms with van der Waals surface area (Å²) in [5.74, 6) is 5.45. The Morgan fingerprint density at radius 3 is 1.33 bits per heavy atom. The van der Waals surface area contributed by atoms with Crippen LogP contribution in [0.1, 0.15) is 22.3 Å². The number of ether oxygens (including phenoxy) is 4. The summed E-state index contributed by atoms with van der Waals surface area (Å²) >= 11 is 0. The van der Waals surface area contributed by atoms with Crippen LogP contribution in [0.5, 0.6) is 46.3 Å². The first-order valence-corrected chi connectivity index (χ1v) is 16.4. The van der Waals surface area contributed by atoms with Gasteiger partial charge in [0, 0.05) is 59.6 Å². The van der Waals surface area contributed by atoms with Crippen LogP contribution >= 0.6 is 0 Å². The third-order valence-electron chi connectivity index (χ3n) is 8.50. The van der Waals surface area contributed by atoms with E-state index in [1.165, 1.54) is 12.7 Å². The Balaban J connectivity index is 1.17. The Kier molecular flexibility index (Phi) is 8.17. The molecular formula is C41H32N6O4. The number of hydrogen-bond acceptors (Lipinski definition) is 9. The highest BCUT2D eigenvalue weighted by molar-refractivity contribution is 6.09. The van der Waals surface area contributed by atoms with E-state index >= 15 is 0 Å². The van der Waals surface area contributed by atoms with Gasteiger partial charge in [-0.1, -0.05) is 12.1 Å². The lowest BCUT2D eigenvalue weighted by atomic mass is 10.1. The van der Waals surface area contributed by atoms with Crippen molar-refractivity contribution in [3.63, 3.8) is 0 Å². The van der Waals surface area contributed by atoms with Crippen LogP contribution in [0.2, 0.25) is 0 Å². The van der Waals surface area contributed by atoms with Crippen LogP contribution in [0.4, 0.5) is 0 Å². The summed E-state index contributed by atoms with van der Waals surface area (Å²) in [6.45, 7) is 8.03. The molecule has 0 saturated carbocycles. The van der Waals surface area contributed by atoms with E-state index in [1.807, 2.05) is 129 Å². The molecule has 0 amide bonds. The average molecular weight is 673 g/mol. The maximum Gasteiger partial charge on any atom is 0.237 e. The third-order valence-corrected chi connectivity index (χ3v) is 8.50. The summed E-state index contributed by atoms with van der Waals surface area (Å²) in [5.41, 5.74) is 5.62. The number of hydrogen-bond donors (Lipinski definition) is 0. The van der Waals surface area contributed by atoms with E-state index in [-0.39, 0.29) is 0 Å². The molecule has 0 N–H and O–H groups in total. The maximum atomic E-state index is 6.51. The minimum Gasteiger partial charge on any atom is -0.457 e. The van der Waals surface area contributed by atoms with Crippen molar-refractivity contribution in [2.45, 2.75) is 27.7 Å². The number of nitrogens with zero attached hydrogens (tertiary/aromatic N) is 6. The van der Waals surface area contributed by atoms with Gasteiger partial charge in [-0.3, -0.25) is 4.57 Å². The van der Waals surface area contributed by atoms with Crippen molar-refractivity contribution in [1.29, 1.82) is 0 Å². The number of benzene rings is 4. The van der Waals surface area contributed by atoms with Crippen molar-refractivity contribution >= 4 is 21.8 Å². The van der Waals surface area contributed by atoms with Gasteiger partial charge < -0.3 is 18.9 Å². The molecule has 0 fully saturated rings. The van der Waals surface area contributed by atoms with Crippen LogP contribution in [0.25, 0.3) is 27.8 Å². The quantitative estimate of drug-likeness (QED) is 0.148. The summed E-state index contributed by atoms with van der Waals surface area (Å²) in [6, 6.07) is 31.0. The van der Waals surface area contributed by atoms with Gasteiger partial charge in [0.05, 0.1) is 11.0 Å². The molecule has 0 radical (unpaired) electrons. The monoisotopic (exact) mass is 672 g/mol. The fourth-order valence-corrected chi connectivity index (χ4v) is 6.03. The number of rotatable bonds is 9. The highest BCUT2D eigenvalue weighted by Crippen LogP contribution is 2.40. The summed E-state index contributed by atoms with van der Waals surface area (Å²) < 4.78 is 27.2. The molecule has 4 aromatic heterocycles. The van der Waals surface area contributed by atoms with Gasteiger partial charge in [0.15, 0.2) is 0 Å². The highest BCUT2D eigenvalue weighted by atomic mass is 16.5. The molecular weight excluding hydrogens is 640 g/mol. The van der Waals surface area contributed by atoms with Crippen molar-refractivity contribution in [2.24, 2.45) is 0 Å². The number of aromatic nitrogens is 6. The molecule has 0 bridgehead atoms. The molecule has 10 heteroatoms. The highest BCUT2D eigenvalue weighted by Gasteiger charge is 2.18. The van der Waals surface area contributed by atoms with Crippen molar-refractivity contribution in [3.05, 3.63) is 144 Å². The second-order valence-corrected chi connectivity index (χ2v) is 12.1. The SMILES string of the molecule is Cc1cc(C)c(Oc2ccccn2)cc1Oc1ccc2c3ccc(Oc4cc(Oc5ccccn5)c(C)cc4C)cc3n(-c3ncncn3)c2c1. The molecule has 0 aliphatic carbocycles. The van der Waals surface area contributed by atoms with Crippen LogP contribution in [0.3, 0.4) is 0 Å². The fraction of sp³-hybridized carbons (Fsp3) is 0.0976. The number of aryl methyl sites for hydroxylation is 4. The molecule has 8 rings (SSSR count). The largest absolute Gasteiger partial charge is 0.457 e. The first-order chi connectivity index (χ1) is 24.9. The normalized spacial score (nSPS) is 11.1. The Bertz CT molecular complexity index is 2370. The van der Waals surface area contributed by atoms with Crippen LogP contribution in [0.15, 0.2) is 122 Å². The first-order valence-electron chi connectivity index (χ1n) is 16.4. The molecule has 0 unspecified atom stereocenters. The van der Waals surface area contributed by atoms with Crippen LogP contribution in [-0.2, 0) is 0 Å². The van der Waals surface area contributed by atoms with Gasteiger partial charge in [0.2, 0.25) is 17.7 Å². The van der Waals surface area contributed by atoms with Gasteiger partial charge in [-0.05, 0) is 98.5 Å². The second kappa shape index (κ2) is 13.2. The Labute approximate surface area is 294 Å². The number of pyridine rings is 2. The van der Waals surface area contributed by atoms with Gasteiger partial charge in [-0.15, -0.1) is 0 Å². The molecule has 4 aromatic carbocycles. The molecule has 0 atom stereocenters. The van der Waals surface area contributed by atoms with Gasteiger partial charge in [0.1, 0.15) is 47.2 Å². The summed E-state index contributed by atoms with van der Waals surface area (Å²) in [4.78, 5) is 21.7. The average Bonchev–Trinajstić information content (AvgIpc) is 3.46. The van der Waals surface area contributed by atoms with E-state index in [4.69, 9.17) is 18.9 Å². The van der Waals surface area contributed by atoms with Gasteiger partial charge in [-0.25, -0.2) is 24.9 Å². The number of fused-ring (bicyclic) bond motifs is 3. The zero-order valence-corrected chi connectivity index (χ0v) is 28.4. The molecule has 8 aromatic rings. The lowest BCUT2D eigenvalue weighted by molar-refractivity contribution is 0.444. The van der Waals surface area contributed by atoms with Crippen LogP contribution < -0.4 is 18.9 Å². The zero-order valence-electron chi connectivity index (χ0n) is 28.4. The first kappa shape index (κ1) is 31.5. The molecule has 0 aliphatic heterocycles. The maximum absolute atomic E-state index is 6.51. The van der Waals surface area contributed by atoms with Crippen molar-refractivity contribution in [1.82, 2.24) is 29.5 Å². The zero-order chi connectivity index (χ0) is 34.9. The van der Waals surface area contributed by atoms with E-state index in [0.717, 1.165) is 44.1 Å². The van der Waals surface area contributed by atoms with Crippen molar-refractivity contribution < 1.29 is 18.9 Å². The standard InChI is InChI=1S/C41H32N6O4/c1-25-17-27(3)37(50-39-9-5-7-15-43-39)21-35(25)48-29-11-13-31-32-14-12-30(20-34(32)47(33(31)19-29)41-45-23-42-24-46-41)49-36-22-38(28(4)18-26(36)2)51-40-10-6-8-16-44-40/h5-24H,1-4H3. The summed E-state index contributed by atoms with van der Waals surface area (Å²) in [6.07, 6.45) is 6.37. The lowest BCUT2D eigenvalue weighted by Crippen LogP contribution is -2.01. The van der Waals surface area contributed by atoms with E-state index in [1.54, 1.807) is 12.4 Å². The van der Waals surface area contributed by atoms with E-state index in [2.05, 4.69) is 24.9 Å². The Morgan fingerprint density at radius 1 is 0.451 bits per heavy atom. The second-order valence-electron chi connectivity index (χ2n) is 12.1. The molecule has 0 aliphatic rings. The van der Waals surface area contributed by atoms with Crippen molar-refractivity contribution in [3.8, 4) is 52.2 Å². The Hall–Kier alpha value is -6.81. The molecule has 4 heterocycles. The molecule has 51 heavy (non-hydrogen) atoms. The predicted octanol–water partition coefficient (Wildman–Crippen LogP) is 10.2. The van der Waals surface area contributed by atoms with Crippen molar-refractivity contribution in [2.75, 3.05) is 0 Å². The van der Waals surface area contributed by atoms with Gasteiger partial charge >= 0.3 is 0 Å². The van der Waals surface area contributed by atoms with E-state index in [9.17, 15) is 0 Å². The van der Waals surface area contributed by atoms with Crippen LogP contribution in [-0.4, -0.2) is 29.5 Å². The smallest absolute Gasteiger partial charge is 0.237 e. The van der Waals surface area contributed by atoms with Gasteiger partial charge in [0.25, 0.3) is 0 Å². The molecule has 250 valence electrons. The van der Waals surface area contributed by atoms with Gasteiger partial charge in [-0.2, -0.15) is 0 Å².